The molecule has 1 heterocycles. The lowest BCUT2D eigenvalue weighted by Crippen LogP contribution is -2.05. The molecule has 3 nitrogen and oxygen atoms in total. The van der Waals surface area contributed by atoms with E-state index in [1.807, 2.05) is 12.1 Å². The molecule has 0 spiro atoms. The van der Waals surface area contributed by atoms with Gasteiger partial charge in [0.15, 0.2) is 5.78 Å². The first-order chi connectivity index (χ1) is 9.11. The molecular weight excluding hydrogens is 258 g/mol. The highest BCUT2D eigenvalue weighted by molar-refractivity contribution is 7.17. The standard InChI is InChI=1S/C15H15NO2S/c1-8(17)13-14-11-7-10(18-2)5-3-9(11)4-6-12(14)19-15(13)16/h3,5,7H,4,6,16H2,1-2H3. The van der Waals surface area contributed by atoms with Crippen LogP contribution in [0.3, 0.4) is 0 Å². The Balaban J connectivity index is 2.29. The lowest BCUT2D eigenvalue weighted by molar-refractivity contribution is 0.101. The Kier molecular flexibility index (Phi) is 2.82. The lowest BCUT2D eigenvalue weighted by atomic mass is 9.87. The van der Waals surface area contributed by atoms with E-state index in [1.54, 1.807) is 14.0 Å². The Morgan fingerprint density at radius 1 is 1.37 bits per heavy atom. The van der Waals surface area contributed by atoms with Crippen molar-refractivity contribution in [3.63, 3.8) is 0 Å². The van der Waals surface area contributed by atoms with E-state index in [-0.39, 0.29) is 5.78 Å². The number of rotatable bonds is 2. The van der Waals surface area contributed by atoms with Crippen LogP contribution in [0.5, 0.6) is 5.75 Å². The van der Waals surface area contributed by atoms with Gasteiger partial charge in [0.05, 0.1) is 17.7 Å². The largest absolute Gasteiger partial charge is 0.497 e. The van der Waals surface area contributed by atoms with Crippen LogP contribution in [0.25, 0.3) is 11.1 Å². The first-order valence-electron chi connectivity index (χ1n) is 6.21. The van der Waals surface area contributed by atoms with Crippen molar-refractivity contribution in [2.75, 3.05) is 12.8 Å². The number of fused-ring (bicyclic) bond motifs is 3. The van der Waals surface area contributed by atoms with Crippen LogP contribution in [-0.4, -0.2) is 12.9 Å². The first kappa shape index (κ1) is 12.2. The quantitative estimate of drug-likeness (QED) is 0.854. The van der Waals surface area contributed by atoms with E-state index in [4.69, 9.17) is 10.5 Å². The van der Waals surface area contributed by atoms with Crippen molar-refractivity contribution >= 4 is 22.1 Å². The van der Waals surface area contributed by atoms with Crippen LogP contribution >= 0.6 is 11.3 Å². The topological polar surface area (TPSA) is 52.3 Å². The number of benzene rings is 1. The highest BCUT2D eigenvalue weighted by atomic mass is 32.1. The molecule has 0 unspecified atom stereocenters. The van der Waals surface area contributed by atoms with Crippen LogP contribution in [0.2, 0.25) is 0 Å². The maximum Gasteiger partial charge on any atom is 0.163 e. The Hall–Kier alpha value is -1.81. The van der Waals surface area contributed by atoms with Gasteiger partial charge in [0, 0.05) is 10.4 Å². The van der Waals surface area contributed by atoms with Crippen molar-refractivity contribution in [2.24, 2.45) is 0 Å². The number of methoxy groups -OCH3 is 1. The van der Waals surface area contributed by atoms with Gasteiger partial charge in [-0.3, -0.25) is 4.79 Å². The summed E-state index contributed by atoms with van der Waals surface area (Å²) in [5, 5.41) is 0.633. The van der Waals surface area contributed by atoms with Crippen LogP contribution in [0.1, 0.15) is 27.7 Å². The molecule has 0 atom stereocenters. The summed E-state index contributed by atoms with van der Waals surface area (Å²) in [6.45, 7) is 1.58. The van der Waals surface area contributed by atoms with Crippen molar-refractivity contribution in [3.05, 3.63) is 34.2 Å². The molecule has 0 saturated carbocycles. The molecule has 1 aromatic carbocycles. The smallest absolute Gasteiger partial charge is 0.163 e. The van der Waals surface area contributed by atoms with Crippen LogP contribution < -0.4 is 10.5 Å². The summed E-state index contributed by atoms with van der Waals surface area (Å²) in [6.07, 6.45) is 1.94. The Morgan fingerprint density at radius 2 is 2.16 bits per heavy atom. The van der Waals surface area contributed by atoms with Gasteiger partial charge in [-0.2, -0.15) is 0 Å². The van der Waals surface area contributed by atoms with E-state index in [0.717, 1.165) is 29.7 Å². The number of hydrogen-bond acceptors (Lipinski definition) is 4. The van der Waals surface area contributed by atoms with Gasteiger partial charge >= 0.3 is 0 Å². The number of hydrogen-bond donors (Lipinski definition) is 1. The zero-order valence-corrected chi connectivity index (χ0v) is 11.8. The average molecular weight is 273 g/mol. The summed E-state index contributed by atoms with van der Waals surface area (Å²) >= 11 is 1.54. The molecule has 4 heteroatoms. The minimum absolute atomic E-state index is 0.0330. The number of carbonyl (C=O) groups is 1. The molecule has 0 radical (unpaired) electrons. The van der Waals surface area contributed by atoms with Gasteiger partial charge in [0.2, 0.25) is 0 Å². The molecule has 0 saturated heterocycles. The number of nitrogen functional groups attached to an aromatic ring is 1. The van der Waals surface area contributed by atoms with Crippen molar-refractivity contribution in [1.82, 2.24) is 0 Å². The highest BCUT2D eigenvalue weighted by Gasteiger charge is 2.26. The summed E-state index contributed by atoms with van der Waals surface area (Å²) < 4.78 is 5.29. The van der Waals surface area contributed by atoms with Crippen molar-refractivity contribution in [2.45, 2.75) is 19.8 Å². The van der Waals surface area contributed by atoms with Gasteiger partial charge in [-0.1, -0.05) is 6.07 Å². The van der Waals surface area contributed by atoms with E-state index in [1.165, 1.54) is 21.8 Å². The molecule has 0 aliphatic heterocycles. The maximum absolute atomic E-state index is 11.9. The van der Waals surface area contributed by atoms with Gasteiger partial charge in [0.25, 0.3) is 0 Å². The SMILES string of the molecule is COc1ccc2c(c1)-c1c(sc(N)c1C(C)=O)CC2. The summed E-state index contributed by atoms with van der Waals surface area (Å²) in [5.74, 6) is 0.844. The minimum atomic E-state index is 0.0330. The number of anilines is 1. The number of Topliss-reactive ketones (excluding diaryl/α,β-unsaturated/α-hetero) is 1. The van der Waals surface area contributed by atoms with E-state index in [0.29, 0.717) is 10.6 Å². The average Bonchev–Trinajstić information content (AvgIpc) is 2.74. The molecule has 19 heavy (non-hydrogen) atoms. The molecule has 3 rings (SSSR count). The fraction of sp³-hybridized carbons (Fsp3) is 0.267. The van der Waals surface area contributed by atoms with Gasteiger partial charge in [-0.25, -0.2) is 0 Å². The maximum atomic E-state index is 11.9. The van der Waals surface area contributed by atoms with Crippen LogP contribution in [0.4, 0.5) is 5.00 Å². The normalized spacial score (nSPS) is 12.7. The van der Waals surface area contributed by atoms with Gasteiger partial charge in [-0.15, -0.1) is 11.3 Å². The zero-order chi connectivity index (χ0) is 13.6. The fourth-order valence-electron chi connectivity index (χ4n) is 2.69. The second kappa shape index (κ2) is 4.38. The van der Waals surface area contributed by atoms with E-state index >= 15 is 0 Å². The highest BCUT2D eigenvalue weighted by Crippen LogP contribution is 2.45. The molecule has 2 N–H and O–H groups in total. The summed E-state index contributed by atoms with van der Waals surface area (Å²) in [7, 11) is 1.65. The molecule has 98 valence electrons. The lowest BCUT2D eigenvalue weighted by Gasteiger charge is -2.18. The van der Waals surface area contributed by atoms with Crippen molar-refractivity contribution < 1.29 is 9.53 Å². The number of ketones is 1. The fourth-order valence-corrected chi connectivity index (χ4v) is 3.82. The summed E-state index contributed by atoms with van der Waals surface area (Å²) in [4.78, 5) is 13.1. The third-order valence-corrected chi connectivity index (χ3v) is 4.65. The number of thiophene rings is 1. The molecule has 0 amide bonds. The van der Waals surface area contributed by atoms with E-state index in [9.17, 15) is 4.79 Å². The Bertz CT molecular complexity index is 673. The van der Waals surface area contributed by atoms with Crippen LogP contribution in [0.15, 0.2) is 18.2 Å². The second-order valence-electron chi connectivity index (χ2n) is 4.72. The summed E-state index contributed by atoms with van der Waals surface area (Å²) in [6, 6.07) is 6.05. The Labute approximate surface area is 116 Å². The van der Waals surface area contributed by atoms with Crippen LogP contribution in [-0.2, 0) is 12.8 Å². The van der Waals surface area contributed by atoms with Crippen LogP contribution in [0, 0.1) is 0 Å². The summed E-state index contributed by atoms with van der Waals surface area (Å²) in [5.41, 5.74) is 10.1. The van der Waals surface area contributed by atoms with Gasteiger partial charge in [0.1, 0.15) is 5.75 Å². The molecular formula is C15H15NO2S. The number of ether oxygens (including phenoxy) is 1. The number of carbonyl (C=O) groups excluding carboxylic acids is 1. The molecule has 0 bridgehead atoms. The Morgan fingerprint density at radius 3 is 2.84 bits per heavy atom. The van der Waals surface area contributed by atoms with Crippen molar-refractivity contribution in [3.8, 4) is 16.9 Å². The number of aryl methyl sites for hydroxylation is 2. The van der Waals surface area contributed by atoms with E-state index in [2.05, 4.69) is 6.07 Å². The van der Waals surface area contributed by atoms with E-state index < -0.39 is 0 Å². The predicted octanol–water partition coefficient (Wildman–Crippen LogP) is 3.31. The van der Waals surface area contributed by atoms with Gasteiger partial charge < -0.3 is 10.5 Å². The van der Waals surface area contributed by atoms with Crippen molar-refractivity contribution in [1.29, 1.82) is 0 Å². The third-order valence-electron chi connectivity index (χ3n) is 3.57. The second-order valence-corrected chi connectivity index (χ2v) is 5.86. The molecule has 0 fully saturated rings. The molecule has 1 aliphatic carbocycles. The third kappa shape index (κ3) is 1.83. The zero-order valence-electron chi connectivity index (χ0n) is 10.9. The van der Waals surface area contributed by atoms with Gasteiger partial charge in [-0.05, 0) is 43.0 Å². The predicted molar refractivity (Wildman–Crippen MR) is 78.1 cm³/mol. The molecule has 2 aromatic rings. The molecule has 1 aromatic heterocycles. The molecule has 1 aliphatic rings. The number of nitrogens with two attached hydrogens (primary N) is 1. The monoisotopic (exact) mass is 273 g/mol. The first-order valence-corrected chi connectivity index (χ1v) is 7.03. The minimum Gasteiger partial charge on any atom is -0.497 e.